The molecule has 2 bridgehead atoms. The van der Waals surface area contributed by atoms with Crippen LogP contribution in [0.4, 0.5) is 0 Å². The number of carbonyl (C=O) groups is 1. The van der Waals surface area contributed by atoms with E-state index in [-0.39, 0.29) is 22.7 Å². The number of allylic oxidation sites excluding steroid dienone is 5. The summed E-state index contributed by atoms with van der Waals surface area (Å²) < 4.78 is 5.86. The Morgan fingerprint density at radius 1 is 1.23 bits per heavy atom. The summed E-state index contributed by atoms with van der Waals surface area (Å²) in [7, 11) is 0. The van der Waals surface area contributed by atoms with E-state index in [1.807, 2.05) is 6.26 Å². The molecule has 118 valence electrons. The first-order chi connectivity index (χ1) is 10.1. The van der Waals surface area contributed by atoms with Crippen LogP contribution < -0.4 is 0 Å². The molecular formula is C20H26O2. The second-order valence-electron chi connectivity index (χ2n) is 8.52. The van der Waals surface area contributed by atoms with Crippen molar-refractivity contribution < 1.29 is 9.53 Å². The van der Waals surface area contributed by atoms with Crippen molar-refractivity contribution in [3.63, 3.8) is 0 Å². The zero-order chi connectivity index (χ0) is 16.3. The molecule has 2 unspecified atom stereocenters. The summed E-state index contributed by atoms with van der Waals surface area (Å²) in [5, 5.41) is 0. The van der Waals surface area contributed by atoms with Gasteiger partial charge in [0.15, 0.2) is 5.78 Å². The van der Waals surface area contributed by atoms with E-state index in [1.54, 1.807) is 0 Å². The summed E-state index contributed by atoms with van der Waals surface area (Å²) in [5.41, 5.74) is 3.96. The molecule has 2 heteroatoms. The Labute approximate surface area is 133 Å². The number of hydrogen-bond donors (Lipinski definition) is 0. The highest BCUT2D eigenvalue weighted by atomic mass is 16.5. The number of Topliss-reactive ketones (excluding diaryl/α,β-unsaturated/α-hetero) is 1. The molecule has 0 fully saturated rings. The molecule has 3 aliphatic rings. The maximum atomic E-state index is 13.0. The van der Waals surface area contributed by atoms with E-state index in [9.17, 15) is 4.79 Å². The minimum Gasteiger partial charge on any atom is -0.493 e. The third kappa shape index (κ3) is 2.39. The molecule has 2 aliphatic carbocycles. The van der Waals surface area contributed by atoms with Gasteiger partial charge in [-0.1, -0.05) is 34.6 Å². The van der Waals surface area contributed by atoms with E-state index >= 15 is 0 Å². The first kappa shape index (κ1) is 15.3. The third-order valence-electron chi connectivity index (χ3n) is 5.13. The Bertz CT molecular complexity index is 644. The van der Waals surface area contributed by atoms with Crippen LogP contribution in [0.1, 0.15) is 48.0 Å². The summed E-state index contributed by atoms with van der Waals surface area (Å²) in [6, 6.07) is 0. The number of rotatable bonds is 0. The molecule has 0 aromatic carbocycles. The van der Waals surface area contributed by atoms with Gasteiger partial charge in [0.1, 0.15) is 6.10 Å². The quantitative estimate of drug-likeness (QED) is 0.645. The van der Waals surface area contributed by atoms with Crippen LogP contribution in [0.5, 0.6) is 0 Å². The number of hydrogen-bond acceptors (Lipinski definition) is 2. The van der Waals surface area contributed by atoms with Crippen LogP contribution in [0, 0.1) is 16.7 Å². The molecular weight excluding hydrogens is 272 g/mol. The van der Waals surface area contributed by atoms with Crippen LogP contribution >= 0.6 is 0 Å². The summed E-state index contributed by atoms with van der Waals surface area (Å²) in [6.45, 7) is 12.8. The molecule has 0 aromatic rings. The maximum Gasteiger partial charge on any atom is 0.186 e. The van der Waals surface area contributed by atoms with E-state index in [2.05, 4.69) is 59.8 Å². The highest BCUT2D eigenvalue weighted by molar-refractivity contribution is 6.11. The van der Waals surface area contributed by atoms with E-state index < -0.39 is 0 Å². The number of fused-ring (bicyclic) bond motifs is 2. The van der Waals surface area contributed by atoms with E-state index in [4.69, 9.17) is 4.74 Å². The highest BCUT2D eigenvalue weighted by Gasteiger charge is 2.42. The molecule has 0 spiro atoms. The zero-order valence-corrected chi connectivity index (χ0v) is 14.5. The minimum absolute atomic E-state index is 0.0951. The summed E-state index contributed by atoms with van der Waals surface area (Å²) in [4.78, 5) is 13.0. The molecule has 0 aromatic heterocycles. The molecule has 0 saturated heterocycles. The van der Waals surface area contributed by atoms with Gasteiger partial charge in [-0.15, -0.1) is 0 Å². The van der Waals surface area contributed by atoms with Gasteiger partial charge in [-0.25, -0.2) is 0 Å². The molecule has 2 atom stereocenters. The molecule has 0 N–H and O–H groups in total. The van der Waals surface area contributed by atoms with Gasteiger partial charge in [-0.3, -0.25) is 4.79 Å². The second-order valence-corrected chi connectivity index (χ2v) is 8.52. The lowest BCUT2D eigenvalue weighted by Crippen LogP contribution is -2.34. The summed E-state index contributed by atoms with van der Waals surface area (Å²) in [6.07, 6.45) is 9.24. The van der Waals surface area contributed by atoms with Crippen LogP contribution in [-0.4, -0.2) is 11.9 Å². The number of carbonyl (C=O) groups excluding carboxylic acids is 1. The fraction of sp³-hybridized carbons (Fsp3) is 0.550. The highest BCUT2D eigenvalue weighted by Crippen LogP contribution is 2.47. The minimum atomic E-state index is -0.146. The van der Waals surface area contributed by atoms with Crippen molar-refractivity contribution in [2.45, 2.75) is 54.1 Å². The van der Waals surface area contributed by atoms with Crippen LogP contribution in [0.2, 0.25) is 0 Å². The Balaban J connectivity index is 2.14. The Hall–Kier alpha value is -1.57. The van der Waals surface area contributed by atoms with Crippen LogP contribution in [0.3, 0.4) is 0 Å². The predicted molar refractivity (Wildman–Crippen MR) is 89.2 cm³/mol. The van der Waals surface area contributed by atoms with Crippen molar-refractivity contribution in [3.8, 4) is 0 Å². The van der Waals surface area contributed by atoms with Crippen molar-refractivity contribution in [2.24, 2.45) is 16.7 Å². The lowest BCUT2D eigenvalue weighted by atomic mass is 9.66. The predicted octanol–water partition coefficient (Wildman–Crippen LogP) is 4.74. The largest absolute Gasteiger partial charge is 0.493 e. The van der Waals surface area contributed by atoms with Gasteiger partial charge in [0.2, 0.25) is 0 Å². The molecule has 1 heterocycles. The molecule has 0 radical (unpaired) electrons. The third-order valence-corrected chi connectivity index (χ3v) is 5.13. The standard InChI is InChI=1S/C20H26O2/c1-12-11-22-17-9-13-7-15(19(2,3)4)18(21)16(8-13)20(5,6)10-14(12)17/h7-9,11,14,17H,10H2,1-6H3/b13-9-. The normalized spacial score (nSPS) is 32.5. The SMILES string of the molecule is CC1=COC2/C=C3/C=C(C(C)(C)C)C(=O)C(=C3)C(C)(C)CC12. The summed E-state index contributed by atoms with van der Waals surface area (Å²) >= 11 is 0. The second kappa shape index (κ2) is 4.71. The molecule has 0 amide bonds. The van der Waals surface area contributed by atoms with Crippen molar-refractivity contribution in [2.75, 3.05) is 0 Å². The van der Waals surface area contributed by atoms with Gasteiger partial charge in [-0.2, -0.15) is 0 Å². The number of ether oxygens (including phenoxy) is 1. The van der Waals surface area contributed by atoms with Crippen molar-refractivity contribution in [1.29, 1.82) is 0 Å². The fourth-order valence-corrected chi connectivity index (χ4v) is 3.72. The van der Waals surface area contributed by atoms with Crippen LogP contribution in [0.25, 0.3) is 0 Å². The van der Waals surface area contributed by atoms with Crippen molar-refractivity contribution >= 4 is 5.78 Å². The van der Waals surface area contributed by atoms with Crippen molar-refractivity contribution in [1.82, 2.24) is 0 Å². The molecule has 0 saturated carbocycles. The monoisotopic (exact) mass is 298 g/mol. The van der Waals surface area contributed by atoms with Gasteiger partial charge < -0.3 is 4.74 Å². The van der Waals surface area contributed by atoms with E-state index in [0.29, 0.717) is 5.92 Å². The summed E-state index contributed by atoms with van der Waals surface area (Å²) in [5.74, 6) is 0.583. The van der Waals surface area contributed by atoms with Crippen molar-refractivity contribution in [3.05, 3.63) is 46.8 Å². The lowest BCUT2D eigenvalue weighted by molar-refractivity contribution is -0.114. The maximum absolute atomic E-state index is 13.0. The average Bonchev–Trinajstić information content (AvgIpc) is 2.69. The van der Waals surface area contributed by atoms with E-state index in [0.717, 1.165) is 23.1 Å². The molecule has 2 nitrogen and oxygen atoms in total. The molecule has 3 rings (SSSR count). The van der Waals surface area contributed by atoms with Gasteiger partial charge in [0.25, 0.3) is 0 Å². The fourth-order valence-electron chi connectivity index (χ4n) is 3.72. The Kier molecular flexibility index (Phi) is 3.28. The lowest BCUT2D eigenvalue weighted by Gasteiger charge is -2.37. The van der Waals surface area contributed by atoms with Gasteiger partial charge in [-0.05, 0) is 53.5 Å². The van der Waals surface area contributed by atoms with Gasteiger partial charge >= 0.3 is 0 Å². The van der Waals surface area contributed by atoms with Gasteiger partial charge in [0.05, 0.1) is 6.26 Å². The zero-order valence-electron chi connectivity index (χ0n) is 14.5. The van der Waals surface area contributed by atoms with Crippen LogP contribution in [0.15, 0.2) is 46.8 Å². The first-order valence-corrected chi connectivity index (χ1v) is 8.12. The van der Waals surface area contributed by atoms with E-state index in [1.165, 1.54) is 5.57 Å². The Morgan fingerprint density at radius 2 is 1.91 bits per heavy atom. The van der Waals surface area contributed by atoms with Crippen LogP contribution in [-0.2, 0) is 9.53 Å². The number of ketones is 1. The Morgan fingerprint density at radius 3 is 2.55 bits per heavy atom. The molecule has 22 heavy (non-hydrogen) atoms. The smallest absolute Gasteiger partial charge is 0.186 e. The first-order valence-electron chi connectivity index (χ1n) is 8.12. The van der Waals surface area contributed by atoms with Gasteiger partial charge in [0, 0.05) is 17.1 Å². The topological polar surface area (TPSA) is 26.3 Å². The molecule has 1 aliphatic heterocycles. The average molecular weight is 298 g/mol.